The number of hydrogen-bond donors (Lipinski definition) is 2. The van der Waals surface area contributed by atoms with Crippen LogP contribution in [0.15, 0.2) is 36.8 Å². The summed E-state index contributed by atoms with van der Waals surface area (Å²) >= 11 is 0. The van der Waals surface area contributed by atoms with E-state index in [0.29, 0.717) is 56.6 Å². The number of nitrogens with zero attached hydrogens (tertiary/aromatic N) is 4. The molecule has 2 amide bonds. The van der Waals surface area contributed by atoms with Crippen molar-refractivity contribution in [3.8, 4) is 16.9 Å². The van der Waals surface area contributed by atoms with E-state index in [-0.39, 0.29) is 40.6 Å². The number of halogens is 2. The molecule has 10 nitrogen and oxygen atoms in total. The molecule has 1 aliphatic heterocycles. The number of β-amino-alcohol motifs (C(OH)–C–C–N with tert-alkyl or cyclic N) is 1. The number of hydrogen-bond acceptors (Lipinski definition) is 7. The lowest BCUT2D eigenvalue weighted by atomic mass is 9.50. The number of amides is 2. The summed E-state index contributed by atoms with van der Waals surface area (Å²) in [6.07, 6.45) is 12.8. The normalized spacial score (nSPS) is 26.5. The van der Waals surface area contributed by atoms with Gasteiger partial charge in [0.15, 0.2) is 17.4 Å². The van der Waals surface area contributed by atoms with Crippen molar-refractivity contribution in [3.63, 3.8) is 0 Å². The topological polar surface area (TPSA) is 119 Å². The van der Waals surface area contributed by atoms with Crippen molar-refractivity contribution < 1.29 is 33.0 Å². The summed E-state index contributed by atoms with van der Waals surface area (Å²) in [7, 11) is 1.28. The highest BCUT2D eigenvalue weighted by molar-refractivity contribution is 5.93. The largest absolute Gasteiger partial charge is 0.491 e. The van der Waals surface area contributed by atoms with Gasteiger partial charge in [-0.1, -0.05) is 0 Å². The van der Waals surface area contributed by atoms with Crippen molar-refractivity contribution in [3.05, 3.63) is 59.6 Å². The Hall–Kier alpha value is -4.06. The predicted octanol–water partition coefficient (Wildman–Crippen LogP) is 6.96. The summed E-state index contributed by atoms with van der Waals surface area (Å²) in [5.41, 5.74) is 3.34. The lowest BCUT2D eigenvalue weighted by Gasteiger charge is -2.54. The molecule has 12 heteroatoms. The van der Waals surface area contributed by atoms with Gasteiger partial charge in [-0.15, -0.1) is 0 Å². The van der Waals surface area contributed by atoms with Crippen LogP contribution in [-0.2, 0) is 21.4 Å². The first-order valence-electron chi connectivity index (χ1n) is 18.0. The zero-order valence-corrected chi connectivity index (χ0v) is 29.1. The molecule has 50 heavy (non-hydrogen) atoms. The Morgan fingerprint density at radius 2 is 1.70 bits per heavy atom. The van der Waals surface area contributed by atoms with Gasteiger partial charge in [0.1, 0.15) is 11.9 Å². The summed E-state index contributed by atoms with van der Waals surface area (Å²) in [5.74, 6) is -1.42. The van der Waals surface area contributed by atoms with Gasteiger partial charge in [-0.05, 0) is 125 Å². The van der Waals surface area contributed by atoms with Crippen LogP contribution in [0.2, 0.25) is 0 Å². The summed E-state index contributed by atoms with van der Waals surface area (Å²) in [6.45, 7) is 4.76. The van der Waals surface area contributed by atoms with E-state index in [2.05, 4.69) is 24.3 Å². The van der Waals surface area contributed by atoms with E-state index in [1.54, 1.807) is 6.20 Å². The van der Waals surface area contributed by atoms with Crippen LogP contribution in [0.25, 0.3) is 11.1 Å². The van der Waals surface area contributed by atoms with Gasteiger partial charge in [-0.2, -0.15) is 5.10 Å². The quantitative estimate of drug-likeness (QED) is 0.249. The van der Waals surface area contributed by atoms with Gasteiger partial charge in [-0.25, -0.2) is 18.6 Å². The van der Waals surface area contributed by atoms with Crippen molar-refractivity contribution in [2.45, 2.75) is 108 Å². The van der Waals surface area contributed by atoms with Gasteiger partial charge in [0.2, 0.25) is 5.91 Å². The standard InChI is InChI=1S/C38H47F2N5O5/c1-23(2)45-20-25(19-42-45)29-8-15-41-34(43-35(47)24-4-6-28(7-5-24)50-36(48)44-21-27(46)22-44)30(29)18-37-9-12-38(13-10-37,14-11-37)26-16-31(39)33(49-3)32(40)17-26/h8,15-17,19-20,23-24,27-28,46H,4-7,9-14,18,21-22H2,1-3H3,(H,41,43,47). The minimum Gasteiger partial charge on any atom is -0.491 e. The Labute approximate surface area is 291 Å². The molecule has 268 valence electrons. The van der Waals surface area contributed by atoms with E-state index in [4.69, 9.17) is 14.5 Å². The molecule has 2 aromatic heterocycles. The molecule has 1 aromatic carbocycles. The number of benzene rings is 1. The first-order chi connectivity index (χ1) is 24.0. The van der Waals surface area contributed by atoms with Gasteiger partial charge < -0.3 is 24.8 Å². The van der Waals surface area contributed by atoms with Gasteiger partial charge >= 0.3 is 6.09 Å². The number of anilines is 1. The first kappa shape index (κ1) is 34.4. The molecule has 2 N–H and O–H groups in total. The Bertz CT molecular complexity index is 1700. The van der Waals surface area contributed by atoms with Crippen molar-refractivity contribution in [2.24, 2.45) is 11.3 Å². The predicted molar refractivity (Wildman–Crippen MR) is 183 cm³/mol. The number of ether oxygens (including phenoxy) is 2. The second-order valence-electron chi connectivity index (χ2n) is 15.3. The fourth-order valence-corrected chi connectivity index (χ4v) is 8.69. The highest BCUT2D eigenvalue weighted by atomic mass is 19.1. The van der Waals surface area contributed by atoms with Gasteiger partial charge in [-0.3, -0.25) is 9.48 Å². The van der Waals surface area contributed by atoms with E-state index < -0.39 is 23.8 Å². The number of aliphatic hydroxyl groups is 1. The molecular formula is C38H47F2N5O5. The SMILES string of the molecule is COc1c(F)cc(C23CCC(Cc4c(-c5cnn(C(C)C)c5)ccnc4NC(=O)C4CCC(OC(=O)N5CC(O)C5)CC4)(CC2)CC3)cc1F. The summed E-state index contributed by atoms with van der Waals surface area (Å²) in [6, 6.07) is 5.10. The molecule has 5 aliphatic rings. The van der Waals surface area contributed by atoms with Gasteiger partial charge in [0, 0.05) is 35.5 Å². The van der Waals surface area contributed by atoms with Gasteiger partial charge in [0.25, 0.3) is 0 Å². The van der Waals surface area contributed by atoms with Gasteiger partial charge in [0.05, 0.1) is 32.5 Å². The molecule has 3 aromatic rings. The maximum Gasteiger partial charge on any atom is 0.410 e. The van der Waals surface area contributed by atoms with E-state index >= 15 is 0 Å². The number of nitrogens with one attached hydrogen (secondary N) is 1. The number of aromatic nitrogens is 3. The maximum absolute atomic E-state index is 14.8. The molecular weight excluding hydrogens is 644 g/mol. The van der Waals surface area contributed by atoms with Crippen LogP contribution in [0.4, 0.5) is 19.4 Å². The van der Waals surface area contributed by atoms with Crippen molar-refractivity contribution in [1.82, 2.24) is 19.7 Å². The number of carbonyl (C=O) groups excluding carboxylic acids is 2. The number of methoxy groups -OCH3 is 1. The summed E-state index contributed by atoms with van der Waals surface area (Å²) < 4.78 is 42.0. The Morgan fingerprint density at radius 3 is 2.28 bits per heavy atom. The summed E-state index contributed by atoms with van der Waals surface area (Å²) in [4.78, 5) is 32.3. The molecule has 0 spiro atoms. The molecule has 1 saturated heterocycles. The van der Waals surface area contributed by atoms with E-state index in [0.717, 1.165) is 55.2 Å². The maximum atomic E-state index is 14.8. The number of aliphatic hydroxyl groups excluding tert-OH is 1. The molecule has 0 unspecified atom stereocenters. The second kappa shape index (κ2) is 13.6. The average Bonchev–Trinajstić information content (AvgIpc) is 3.59. The zero-order chi connectivity index (χ0) is 35.2. The average molecular weight is 692 g/mol. The minimum atomic E-state index is -0.663. The fourth-order valence-electron chi connectivity index (χ4n) is 8.69. The van der Waals surface area contributed by atoms with Crippen molar-refractivity contribution in [2.75, 3.05) is 25.5 Å². The third-order valence-corrected chi connectivity index (χ3v) is 11.9. The van der Waals surface area contributed by atoms with E-state index in [1.807, 2.05) is 23.1 Å². The van der Waals surface area contributed by atoms with Crippen LogP contribution in [0.5, 0.6) is 5.75 Å². The highest BCUT2D eigenvalue weighted by Gasteiger charge is 2.50. The molecule has 8 rings (SSSR count). The molecule has 4 aliphatic carbocycles. The number of rotatable bonds is 9. The third kappa shape index (κ3) is 6.58. The Kier molecular flexibility index (Phi) is 9.34. The zero-order valence-electron chi connectivity index (χ0n) is 29.1. The highest BCUT2D eigenvalue weighted by Crippen LogP contribution is 2.60. The number of carbonyl (C=O) groups is 2. The lowest BCUT2D eigenvalue weighted by Crippen LogP contribution is -2.54. The van der Waals surface area contributed by atoms with E-state index in [9.17, 15) is 23.5 Å². The van der Waals surface area contributed by atoms with Crippen LogP contribution in [-0.4, -0.2) is 69.2 Å². The van der Waals surface area contributed by atoms with Crippen LogP contribution in [0.1, 0.15) is 95.2 Å². The molecule has 0 atom stereocenters. The molecule has 0 radical (unpaired) electrons. The van der Waals surface area contributed by atoms with Crippen LogP contribution >= 0.6 is 0 Å². The number of fused-ring (bicyclic) bond motifs is 3. The monoisotopic (exact) mass is 691 g/mol. The van der Waals surface area contributed by atoms with Crippen molar-refractivity contribution in [1.29, 1.82) is 0 Å². The lowest BCUT2D eigenvalue weighted by molar-refractivity contribution is -0.121. The molecule has 3 heterocycles. The van der Waals surface area contributed by atoms with E-state index in [1.165, 1.54) is 24.1 Å². The van der Waals surface area contributed by atoms with Crippen molar-refractivity contribution >= 4 is 17.8 Å². The third-order valence-electron chi connectivity index (χ3n) is 11.9. The Balaban J connectivity index is 1.09. The van der Waals surface area contributed by atoms with Crippen LogP contribution in [0, 0.1) is 23.0 Å². The summed E-state index contributed by atoms with van der Waals surface area (Å²) in [5, 5.41) is 17.3. The van der Waals surface area contributed by atoms with Crippen LogP contribution in [0.3, 0.4) is 0 Å². The fraction of sp³-hybridized carbons (Fsp3) is 0.579. The van der Waals surface area contributed by atoms with Crippen LogP contribution < -0.4 is 10.1 Å². The molecule has 4 saturated carbocycles. The molecule has 2 bridgehead atoms. The molecule has 5 fully saturated rings. The second-order valence-corrected chi connectivity index (χ2v) is 15.3. The number of pyridine rings is 1. The first-order valence-corrected chi connectivity index (χ1v) is 18.0. The number of likely N-dealkylation sites (tertiary alicyclic amines) is 1. The smallest absolute Gasteiger partial charge is 0.410 e. The minimum absolute atomic E-state index is 0.0367. The Morgan fingerprint density at radius 1 is 1.04 bits per heavy atom.